The Hall–Kier alpha value is -1.02. The predicted molar refractivity (Wildman–Crippen MR) is 73.6 cm³/mol. The zero-order valence-electron chi connectivity index (χ0n) is 11.1. The first-order valence-corrected chi connectivity index (χ1v) is 7.15. The van der Waals surface area contributed by atoms with Crippen molar-refractivity contribution in [2.45, 2.75) is 38.1 Å². The quantitative estimate of drug-likeness (QED) is 0.885. The van der Waals surface area contributed by atoms with Gasteiger partial charge in [0.05, 0.1) is 7.11 Å². The number of hydrogen-bond acceptors (Lipinski definition) is 2. The minimum atomic E-state index is 0.326. The summed E-state index contributed by atoms with van der Waals surface area (Å²) in [4.78, 5) is 0. The second kappa shape index (κ2) is 4.93. The Morgan fingerprint density at radius 1 is 1.33 bits per heavy atom. The molecule has 2 nitrogen and oxygen atoms in total. The van der Waals surface area contributed by atoms with Crippen molar-refractivity contribution in [2.24, 2.45) is 23.5 Å². The molecule has 3 rings (SSSR count). The second-order valence-corrected chi connectivity index (χ2v) is 6.06. The van der Waals surface area contributed by atoms with Crippen molar-refractivity contribution < 1.29 is 4.74 Å². The highest BCUT2D eigenvalue weighted by atomic mass is 16.5. The molecule has 2 heteroatoms. The van der Waals surface area contributed by atoms with E-state index in [2.05, 4.69) is 18.2 Å². The van der Waals surface area contributed by atoms with Crippen LogP contribution in [0.5, 0.6) is 5.75 Å². The Balaban J connectivity index is 1.65. The molecule has 4 atom stereocenters. The molecule has 0 spiro atoms. The van der Waals surface area contributed by atoms with Gasteiger partial charge in [-0.2, -0.15) is 0 Å². The van der Waals surface area contributed by atoms with Crippen molar-refractivity contribution in [3.05, 3.63) is 29.8 Å². The van der Waals surface area contributed by atoms with Crippen molar-refractivity contribution in [3.63, 3.8) is 0 Å². The molecule has 4 unspecified atom stereocenters. The highest BCUT2D eigenvalue weighted by Crippen LogP contribution is 2.49. The molecule has 2 aliphatic rings. The summed E-state index contributed by atoms with van der Waals surface area (Å²) in [6, 6.07) is 8.66. The molecule has 0 heterocycles. The van der Waals surface area contributed by atoms with Crippen LogP contribution in [0.4, 0.5) is 0 Å². The molecule has 0 amide bonds. The molecule has 2 N–H and O–H groups in total. The Bertz CT molecular complexity index is 417. The van der Waals surface area contributed by atoms with Gasteiger partial charge in [0.15, 0.2) is 0 Å². The number of benzene rings is 1. The lowest BCUT2D eigenvalue weighted by Gasteiger charge is -2.27. The van der Waals surface area contributed by atoms with E-state index in [4.69, 9.17) is 10.5 Å². The van der Waals surface area contributed by atoms with E-state index in [-0.39, 0.29) is 0 Å². The second-order valence-electron chi connectivity index (χ2n) is 6.06. The molecule has 18 heavy (non-hydrogen) atoms. The van der Waals surface area contributed by atoms with Gasteiger partial charge in [-0.3, -0.25) is 0 Å². The van der Waals surface area contributed by atoms with Gasteiger partial charge < -0.3 is 10.5 Å². The monoisotopic (exact) mass is 245 g/mol. The SMILES string of the molecule is COc1cccc(CC(N)C2CC3CCC2C3)c1. The summed E-state index contributed by atoms with van der Waals surface area (Å²) in [5.41, 5.74) is 7.76. The average molecular weight is 245 g/mol. The van der Waals surface area contributed by atoms with E-state index >= 15 is 0 Å². The van der Waals surface area contributed by atoms with E-state index < -0.39 is 0 Å². The fourth-order valence-electron chi connectivity index (χ4n) is 4.04. The largest absolute Gasteiger partial charge is 0.497 e. The molecule has 1 aromatic rings. The lowest BCUT2D eigenvalue weighted by Crippen LogP contribution is -2.35. The van der Waals surface area contributed by atoms with Crippen molar-refractivity contribution in [3.8, 4) is 5.75 Å². The summed E-state index contributed by atoms with van der Waals surface area (Å²) >= 11 is 0. The van der Waals surface area contributed by atoms with E-state index in [9.17, 15) is 0 Å². The molecule has 2 aliphatic carbocycles. The Morgan fingerprint density at radius 3 is 2.89 bits per heavy atom. The first-order chi connectivity index (χ1) is 8.76. The first kappa shape index (κ1) is 12.0. The third kappa shape index (κ3) is 2.26. The van der Waals surface area contributed by atoms with Crippen molar-refractivity contribution in [1.82, 2.24) is 0 Å². The van der Waals surface area contributed by atoms with E-state index in [1.165, 1.54) is 31.2 Å². The summed E-state index contributed by atoms with van der Waals surface area (Å²) in [5.74, 6) is 3.59. The fraction of sp³-hybridized carbons (Fsp3) is 0.625. The molecule has 1 aromatic carbocycles. The summed E-state index contributed by atoms with van der Waals surface area (Å²) in [6.07, 6.45) is 6.67. The van der Waals surface area contributed by atoms with E-state index in [1.54, 1.807) is 7.11 Å². The number of ether oxygens (including phenoxy) is 1. The maximum atomic E-state index is 6.45. The molecule has 2 fully saturated rings. The highest BCUT2D eigenvalue weighted by molar-refractivity contribution is 5.29. The van der Waals surface area contributed by atoms with Crippen LogP contribution in [0, 0.1) is 17.8 Å². The maximum Gasteiger partial charge on any atom is 0.119 e. The van der Waals surface area contributed by atoms with Gasteiger partial charge in [-0.15, -0.1) is 0 Å². The van der Waals surface area contributed by atoms with Gasteiger partial charge in [0.2, 0.25) is 0 Å². The minimum Gasteiger partial charge on any atom is -0.497 e. The number of methoxy groups -OCH3 is 1. The maximum absolute atomic E-state index is 6.45. The molecular formula is C16H23NO. The van der Waals surface area contributed by atoms with Crippen LogP contribution in [0.3, 0.4) is 0 Å². The van der Waals surface area contributed by atoms with Gasteiger partial charge in [0.25, 0.3) is 0 Å². The van der Waals surface area contributed by atoms with Gasteiger partial charge in [-0.25, -0.2) is 0 Å². The fourth-order valence-corrected chi connectivity index (χ4v) is 4.04. The zero-order chi connectivity index (χ0) is 12.5. The molecular weight excluding hydrogens is 222 g/mol. The van der Waals surface area contributed by atoms with Crippen LogP contribution >= 0.6 is 0 Å². The van der Waals surface area contributed by atoms with E-state index in [1.807, 2.05) is 6.07 Å². The molecule has 0 aromatic heterocycles. The van der Waals surface area contributed by atoms with Crippen LogP contribution in [0.1, 0.15) is 31.2 Å². The van der Waals surface area contributed by atoms with Gasteiger partial charge in [-0.05, 0) is 61.1 Å². The minimum absolute atomic E-state index is 0.326. The number of hydrogen-bond donors (Lipinski definition) is 1. The van der Waals surface area contributed by atoms with Crippen LogP contribution in [-0.4, -0.2) is 13.2 Å². The Kier molecular flexibility index (Phi) is 3.29. The smallest absolute Gasteiger partial charge is 0.119 e. The van der Waals surface area contributed by atoms with Gasteiger partial charge in [0.1, 0.15) is 5.75 Å². The number of nitrogens with two attached hydrogens (primary N) is 1. The standard InChI is InChI=1S/C16H23NO/c1-18-14-4-2-3-11(8-14)10-16(17)15-9-12-5-6-13(15)7-12/h2-4,8,12-13,15-16H,5-7,9-10,17H2,1H3. The first-order valence-electron chi connectivity index (χ1n) is 7.15. The molecule has 2 bridgehead atoms. The van der Waals surface area contributed by atoms with Gasteiger partial charge in [-0.1, -0.05) is 18.6 Å². The molecule has 2 saturated carbocycles. The summed E-state index contributed by atoms with van der Waals surface area (Å²) < 4.78 is 5.27. The summed E-state index contributed by atoms with van der Waals surface area (Å²) in [7, 11) is 1.72. The third-order valence-corrected chi connectivity index (χ3v) is 4.95. The summed E-state index contributed by atoms with van der Waals surface area (Å²) in [5, 5.41) is 0. The van der Waals surface area contributed by atoms with E-state index in [0.29, 0.717) is 6.04 Å². The third-order valence-electron chi connectivity index (χ3n) is 4.95. The van der Waals surface area contributed by atoms with Gasteiger partial charge in [0, 0.05) is 6.04 Å². The normalized spacial score (nSPS) is 31.6. The molecule has 98 valence electrons. The lowest BCUT2D eigenvalue weighted by atomic mass is 9.81. The van der Waals surface area contributed by atoms with E-state index in [0.717, 1.165) is 29.9 Å². The van der Waals surface area contributed by atoms with Crippen LogP contribution in [0.15, 0.2) is 24.3 Å². The molecule has 0 aliphatic heterocycles. The number of fused-ring (bicyclic) bond motifs is 2. The Labute approximate surface area is 110 Å². The topological polar surface area (TPSA) is 35.2 Å². The number of rotatable bonds is 4. The van der Waals surface area contributed by atoms with Crippen LogP contribution < -0.4 is 10.5 Å². The summed E-state index contributed by atoms with van der Waals surface area (Å²) in [6.45, 7) is 0. The molecule has 0 saturated heterocycles. The van der Waals surface area contributed by atoms with Crippen molar-refractivity contribution in [2.75, 3.05) is 7.11 Å². The van der Waals surface area contributed by atoms with Crippen molar-refractivity contribution in [1.29, 1.82) is 0 Å². The van der Waals surface area contributed by atoms with Crippen LogP contribution in [0.25, 0.3) is 0 Å². The average Bonchev–Trinajstić information content (AvgIpc) is 3.01. The predicted octanol–water partition coefficient (Wildman–Crippen LogP) is 3.00. The van der Waals surface area contributed by atoms with Crippen LogP contribution in [-0.2, 0) is 6.42 Å². The lowest BCUT2D eigenvalue weighted by molar-refractivity contribution is 0.280. The highest BCUT2D eigenvalue weighted by Gasteiger charge is 2.41. The zero-order valence-corrected chi connectivity index (χ0v) is 11.1. The Morgan fingerprint density at radius 2 is 2.22 bits per heavy atom. The van der Waals surface area contributed by atoms with Gasteiger partial charge >= 0.3 is 0 Å². The molecule has 0 radical (unpaired) electrons. The van der Waals surface area contributed by atoms with Crippen molar-refractivity contribution >= 4 is 0 Å². The van der Waals surface area contributed by atoms with Crippen LogP contribution in [0.2, 0.25) is 0 Å².